The van der Waals surface area contributed by atoms with Crippen LogP contribution in [0.2, 0.25) is 5.02 Å². The van der Waals surface area contributed by atoms with Crippen molar-refractivity contribution in [3.05, 3.63) is 17.3 Å². The van der Waals surface area contributed by atoms with Gasteiger partial charge in [0.1, 0.15) is 10.7 Å². The Kier molecular flexibility index (Phi) is 5.54. The average molecular weight is 336 g/mol. The standard InChI is InChI=1S/C12H18ClN3O2S2/c1-2-14-12-11(13)6-10(8-15-12)20(17,18)16-7-9-4-3-5-19-9/h6,8-9,16H,2-5,7H2,1H3,(H,14,15). The Labute approximate surface area is 128 Å². The fourth-order valence-electron chi connectivity index (χ4n) is 1.96. The van der Waals surface area contributed by atoms with Gasteiger partial charge in [0.25, 0.3) is 0 Å². The van der Waals surface area contributed by atoms with Crippen molar-refractivity contribution in [1.82, 2.24) is 9.71 Å². The van der Waals surface area contributed by atoms with Gasteiger partial charge in [0.05, 0.1) is 5.02 Å². The minimum atomic E-state index is -3.54. The van der Waals surface area contributed by atoms with E-state index >= 15 is 0 Å². The summed E-state index contributed by atoms with van der Waals surface area (Å²) >= 11 is 7.83. The lowest BCUT2D eigenvalue weighted by Crippen LogP contribution is -2.30. The molecular weight excluding hydrogens is 318 g/mol. The molecular formula is C12H18ClN3O2S2. The number of hydrogen-bond donors (Lipinski definition) is 2. The third-order valence-corrected chi connectivity index (χ3v) is 6.07. The number of thioether (sulfide) groups is 1. The molecule has 0 amide bonds. The van der Waals surface area contributed by atoms with Crippen molar-refractivity contribution >= 4 is 39.2 Å². The first-order chi connectivity index (χ1) is 9.53. The summed E-state index contributed by atoms with van der Waals surface area (Å²) in [7, 11) is -3.54. The van der Waals surface area contributed by atoms with Gasteiger partial charge >= 0.3 is 0 Å². The molecule has 0 spiro atoms. The molecule has 112 valence electrons. The van der Waals surface area contributed by atoms with E-state index in [0.717, 1.165) is 18.6 Å². The molecule has 5 nitrogen and oxygen atoms in total. The molecule has 1 saturated heterocycles. The maximum Gasteiger partial charge on any atom is 0.242 e. The third-order valence-electron chi connectivity index (χ3n) is 3.00. The highest BCUT2D eigenvalue weighted by atomic mass is 35.5. The number of pyridine rings is 1. The summed E-state index contributed by atoms with van der Waals surface area (Å²) in [4.78, 5) is 4.15. The number of nitrogens with zero attached hydrogens (tertiary/aromatic N) is 1. The first-order valence-corrected chi connectivity index (χ1v) is 9.44. The Balaban J connectivity index is 2.06. The Morgan fingerprint density at radius 3 is 2.95 bits per heavy atom. The zero-order chi connectivity index (χ0) is 14.6. The van der Waals surface area contributed by atoms with Crippen molar-refractivity contribution in [2.45, 2.75) is 29.9 Å². The van der Waals surface area contributed by atoms with Crippen LogP contribution in [-0.2, 0) is 10.0 Å². The molecule has 1 aromatic heterocycles. The van der Waals surface area contributed by atoms with Crippen LogP contribution in [0.3, 0.4) is 0 Å². The van der Waals surface area contributed by atoms with Crippen LogP contribution in [0.1, 0.15) is 19.8 Å². The van der Waals surface area contributed by atoms with E-state index in [1.165, 1.54) is 12.3 Å². The molecule has 20 heavy (non-hydrogen) atoms. The number of anilines is 1. The Hall–Kier alpha value is -0.500. The summed E-state index contributed by atoms with van der Waals surface area (Å²) in [5.74, 6) is 1.61. The minimum Gasteiger partial charge on any atom is -0.369 e. The number of rotatable bonds is 6. The van der Waals surface area contributed by atoms with Gasteiger partial charge in [-0.25, -0.2) is 18.1 Å². The lowest BCUT2D eigenvalue weighted by molar-refractivity contribution is 0.578. The topological polar surface area (TPSA) is 71.1 Å². The lowest BCUT2D eigenvalue weighted by atomic mass is 10.2. The second kappa shape index (κ2) is 6.98. The average Bonchev–Trinajstić information content (AvgIpc) is 2.92. The smallest absolute Gasteiger partial charge is 0.242 e. The molecule has 2 rings (SSSR count). The largest absolute Gasteiger partial charge is 0.369 e. The molecule has 8 heteroatoms. The van der Waals surface area contributed by atoms with Crippen LogP contribution in [0.25, 0.3) is 0 Å². The first kappa shape index (κ1) is 15.9. The normalized spacial score (nSPS) is 19.2. The number of sulfonamides is 1. The zero-order valence-corrected chi connectivity index (χ0v) is 13.6. The fourth-order valence-corrected chi connectivity index (χ4v) is 4.61. The van der Waals surface area contributed by atoms with Crippen LogP contribution in [0, 0.1) is 0 Å². The quantitative estimate of drug-likeness (QED) is 0.835. The monoisotopic (exact) mass is 335 g/mol. The Morgan fingerprint density at radius 1 is 1.55 bits per heavy atom. The highest BCUT2D eigenvalue weighted by Crippen LogP contribution is 2.26. The van der Waals surface area contributed by atoms with Crippen molar-refractivity contribution in [3.8, 4) is 0 Å². The zero-order valence-electron chi connectivity index (χ0n) is 11.2. The van der Waals surface area contributed by atoms with E-state index < -0.39 is 10.0 Å². The molecule has 1 aliphatic rings. The lowest BCUT2D eigenvalue weighted by Gasteiger charge is -2.12. The number of nitrogens with one attached hydrogen (secondary N) is 2. The molecule has 0 bridgehead atoms. The van der Waals surface area contributed by atoms with Crippen LogP contribution in [0.5, 0.6) is 0 Å². The van der Waals surface area contributed by atoms with Crippen LogP contribution < -0.4 is 10.0 Å². The maximum absolute atomic E-state index is 12.2. The number of halogens is 1. The molecule has 1 unspecified atom stereocenters. The SMILES string of the molecule is CCNc1ncc(S(=O)(=O)NCC2CCCS2)cc1Cl. The summed E-state index contributed by atoms with van der Waals surface area (Å²) < 4.78 is 27.0. The molecule has 0 radical (unpaired) electrons. The van der Waals surface area contributed by atoms with Gasteiger partial charge in [-0.15, -0.1) is 0 Å². The molecule has 0 saturated carbocycles. The van der Waals surface area contributed by atoms with Crippen molar-refractivity contribution in [2.24, 2.45) is 0 Å². The highest BCUT2D eigenvalue weighted by molar-refractivity contribution is 8.00. The summed E-state index contributed by atoms with van der Waals surface area (Å²) in [6.45, 7) is 3.05. The van der Waals surface area contributed by atoms with E-state index in [1.54, 1.807) is 0 Å². The third kappa shape index (κ3) is 4.00. The molecule has 1 aromatic rings. The van der Waals surface area contributed by atoms with E-state index in [1.807, 2.05) is 18.7 Å². The van der Waals surface area contributed by atoms with E-state index in [2.05, 4.69) is 15.0 Å². The van der Waals surface area contributed by atoms with Crippen molar-refractivity contribution in [1.29, 1.82) is 0 Å². The van der Waals surface area contributed by atoms with Crippen molar-refractivity contribution in [3.63, 3.8) is 0 Å². The second-order valence-corrected chi connectivity index (χ2v) is 8.10. The summed E-state index contributed by atoms with van der Waals surface area (Å²) in [5, 5.41) is 3.65. The number of aromatic nitrogens is 1. The Morgan fingerprint density at radius 2 is 2.35 bits per heavy atom. The summed E-state index contributed by atoms with van der Waals surface area (Å²) in [6.07, 6.45) is 3.54. The van der Waals surface area contributed by atoms with Gasteiger partial charge < -0.3 is 5.32 Å². The van der Waals surface area contributed by atoms with Crippen LogP contribution >= 0.6 is 23.4 Å². The molecule has 1 aliphatic heterocycles. The van der Waals surface area contributed by atoms with E-state index in [9.17, 15) is 8.42 Å². The Bertz CT molecular complexity index is 560. The van der Waals surface area contributed by atoms with E-state index in [-0.39, 0.29) is 4.90 Å². The predicted octanol–water partition coefficient (Wildman–Crippen LogP) is 2.34. The molecule has 2 N–H and O–H groups in total. The molecule has 0 aromatic carbocycles. The van der Waals surface area contributed by atoms with Gasteiger partial charge in [-0.05, 0) is 31.6 Å². The fraction of sp³-hybridized carbons (Fsp3) is 0.583. The van der Waals surface area contributed by atoms with Crippen molar-refractivity contribution in [2.75, 3.05) is 24.2 Å². The molecule has 0 aliphatic carbocycles. The van der Waals surface area contributed by atoms with Gasteiger partial charge in [0.15, 0.2) is 0 Å². The van der Waals surface area contributed by atoms with Crippen LogP contribution in [0.4, 0.5) is 5.82 Å². The highest BCUT2D eigenvalue weighted by Gasteiger charge is 2.21. The van der Waals surface area contributed by atoms with Gasteiger partial charge in [-0.2, -0.15) is 11.8 Å². The first-order valence-electron chi connectivity index (χ1n) is 6.53. The number of hydrogen-bond acceptors (Lipinski definition) is 5. The van der Waals surface area contributed by atoms with E-state index in [4.69, 9.17) is 11.6 Å². The summed E-state index contributed by atoms with van der Waals surface area (Å²) in [5.41, 5.74) is 0. The van der Waals surface area contributed by atoms with Gasteiger partial charge in [0, 0.05) is 24.5 Å². The maximum atomic E-state index is 12.2. The van der Waals surface area contributed by atoms with Gasteiger partial charge in [-0.1, -0.05) is 11.6 Å². The predicted molar refractivity (Wildman–Crippen MR) is 84.1 cm³/mol. The summed E-state index contributed by atoms with van der Waals surface area (Å²) in [6, 6.07) is 1.43. The molecule has 1 fully saturated rings. The van der Waals surface area contributed by atoms with Gasteiger partial charge in [0.2, 0.25) is 10.0 Å². The second-order valence-electron chi connectivity index (χ2n) is 4.52. The van der Waals surface area contributed by atoms with E-state index in [0.29, 0.717) is 29.2 Å². The van der Waals surface area contributed by atoms with Gasteiger partial charge in [-0.3, -0.25) is 0 Å². The minimum absolute atomic E-state index is 0.104. The van der Waals surface area contributed by atoms with Crippen LogP contribution in [0.15, 0.2) is 17.2 Å². The molecule has 1 atom stereocenters. The van der Waals surface area contributed by atoms with Crippen LogP contribution in [-0.4, -0.2) is 37.5 Å². The molecule has 2 heterocycles. The van der Waals surface area contributed by atoms with Crippen molar-refractivity contribution < 1.29 is 8.42 Å².